The Bertz CT molecular complexity index is 148. The summed E-state index contributed by atoms with van der Waals surface area (Å²) in [5, 5.41) is 3.36. The van der Waals surface area contributed by atoms with E-state index in [-0.39, 0.29) is 0 Å². The van der Waals surface area contributed by atoms with E-state index in [0.717, 1.165) is 32.9 Å². The van der Waals surface area contributed by atoms with Gasteiger partial charge in [0.2, 0.25) is 0 Å². The topological polar surface area (TPSA) is 39.7 Å². The summed E-state index contributed by atoms with van der Waals surface area (Å²) in [7, 11) is 1.68. The standard InChI is InChI=1S/C10H21NO3/c1-10(8-14-9-10)7-11-3-4-13-6-5-12-2/h11H,3-9H2,1-2H3. The first-order valence-corrected chi connectivity index (χ1v) is 5.12. The van der Waals surface area contributed by atoms with Crippen molar-refractivity contribution in [3.8, 4) is 0 Å². The van der Waals surface area contributed by atoms with Gasteiger partial charge in [-0.15, -0.1) is 0 Å². The second-order valence-corrected chi connectivity index (χ2v) is 4.09. The molecule has 0 spiro atoms. The van der Waals surface area contributed by atoms with Gasteiger partial charge in [0.1, 0.15) is 0 Å². The van der Waals surface area contributed by atoms with E-state index in [1.54, 1.807) is 7.11 Å². The smallest absolute Gasteiger partial charge is 0.0700 e. The number of methoxy groups -OCH3 is 1. The van der Waals surface area contributed by atoms with Gasteiger partial charge in [0, 0.05) is 25.6 Å². The number of nitrogens with one attached hydrogen (secondary N) is 1. The van der Waals surface area contributed by atoms with Crippen molar-refractivity contribution < 1.29 is 14.2 Å². The average Bonchev–Trinajstić information content (AvgIpc) is 2.14. The molecular formula is C10H21NO3. The molecule has 1 fully saturated rings. The van der Waals surface area contributed by atoms with Gasteiger partial charge >= 0.3 is 0 Å². The summed E-state index contributed by atoms with van der Waals surface area (Å²) >= 11 is 0. The summed E-state index contributed by atoms with van der Waals surface area (Å²) in [6, 6.07) is 0. The fourth-order valence-electron chi connectivity index (χ4n) is 1.33. The maximum Gasteiger partial charge on any atom is 0.0700 e. The highest BCUT2D eigenvalue weighted by molar-refractivity contribution is 4.82. The van der Waals surface area contributed by atoms with Crippen LogP contribution in [0, 0.1) is 5.41 Å². The molecule has 1 aliphatic heterocycles. The average molecular weight is 203 g/mol. The Kier molecular flexibility index (Phi) is 5.40. The predicted molar refractivity (Wildman–Crippen MR) is 54.5 cm³/mol. The Labute approximate surface area is 85.9 Å². The molecule has 1 saturated heterocycles. The molecule has 0 aromatic rings. The Hall–Kier alpha value is -0.160. The summed E-state index contributed by atoms with van der Waals surface area (Å²) < 4.78 is 15.3. The van der Waals surface area contributed by atoms with Crippen molar-refractivity contribution in [2.45, 2.75) is 6.92 Å². The third-order valence-electron chi connectivity index (χ3n) is 2.31. The van der Waals surface area contributed by atoms with Gasteiger partial charge in [-0.05, 0) is 0 Å². The third-order valence-corrected chi connectivity index (χ3v) is 2.31. The first-order valence-electron chi connectivity index (χ1n) is 5.12. The molecule has 1 aliphatic rings. The molecule has 0 amide bonds. The van der Waals surface area contributed by atoms with E-state index in [2.05, 4.69) is 12.2 Å². The summed E-state index contributed by atoms with van der Waals surface area (Å²) in [6.07, 6.45) is 0. The van der Waals surface area contributed by atoms with Crippen LogP contribution in [0.15, 0.2) is 0 Å². The van der Waals surface area contributed by atoms with Gasteiger partial charge in [-0.1, -0.05) is 6.92 Å². The monoisotopic (exact) mass is 203 g/mol. The molecule has 0 radical (unpaired) electrons. The highest BCUT2D eigenvalue weighted by atomic mass is 16.5. The molecule has 1 N–H and O–H groups in total. The van der Waals surface area contributed by atoms with Crippen LogP contribution in [0.25, 0.3) is 0 Å². The van der Waals surface area contributed by atoms with Gasteiger partial charge in [0.05, 0.1) is 33.0 Å². The zero-order valence-electron chi connectivity index (χ0n) is 9.17. The molecule has 4 nitrogen and oxygen atoms in total. The minimum absolute atomic E-state index is 0.354. The van der Waals surface area contributed by atoms with Crippen molar-refractivity contribution in [2.24, 2.45) is 5.41 Å². The van der Waals surface area contributed by atoms with E-state index in [1.165, 1.54) is 0 Å². The van der Waals surface area contributed by atoms with Crippen molar-refractivity contribution in [3.05, 3.63) is 0 Å². The molecule has 14 heavy (non-hydrogen) atoms. The summed E-state index contributed by atoms with van der Waals surface area (Å²) in [6.45, 7) is 8.01. The molecule has 0 atom stereocenters. The van der Waals surface area contributed by atoms with Crippen LogP contribution in [0.3, 0.4) is 0 Å². The number of ether oxygens (including phenoxy) is 3. The molecule has 0 aliphatic carbocycles. The van der Waals surface area contributed by atoms with E-state index in [0.29, 0.717) is 18.6 Å². The summed E-state index contributed by atoms with van der Waals surface area (Å²) in [5.74, 6) is 0. The molecule has 4 heteroatoms. The highest BCUT2D eigenvalue weighted by Gasteiger charge is 2.32. The molecule has 0 aromatic heterocycles. The number of hydrogen-bond donors (Lipinski definition) is 1. The zero-order valence-corrected chi connectivity index (χ0v) is 9.17. The van der Waals surface area contributed by atoms with Gasteiger partial charge in [-0.25, -0.2) is 0 Å². The fraction of sp³-hybridized carbons (Fsp3) is 1.00. The fourth-order valence-corrected chi connectivity index (χ4v) is 1.33. The molecule has 0 unspecified atom stereocenters. The van der Waals surface area contributed by atoms with E-state index in [1.807, 2.05) is 0 Å². The minimum atomic E-state index is 0.354. The van der Waals surface area contributed by atoms with Crippen LogP contribution in [0.1, 0.15) is 6.92 Å². The van der Waals surface area contributed by atoms with Gasteiger partial charge < -0.3 is 19.5 Å². The molecule has 0 bridgehead atoms. The molecule has 1 heterocycles. The van der Waals surface area contributed by atoms with Gasteiger partial charge in [-0.3, -0.25) is 0 Å². The molecule has 0 aromatic carbocycles. The van der Waals surface area contributed by atoms with Gasteiger partial charge in [0.25, 0.3) is 0 Å². The summed E-state index contributed by atoms with van der Waals surface area (Å²) in [4.78, 5) is 0. The predicted octanol–water partition coefficient (Wildman–Crippen LogP) is 0.276. The van der Waals surface area contributed by atoms with E-state index < -0.39 is 0 Å². The molecule has 1 rings (SSSR count). The highest BCUT2D eigenvalue weighted by Crippen LogP contribution is 2.24. The largest absolute Gasteiger partial charge is 0.382 e. The first-order chi connectivity index (χ1) is 6.77. The quantitative estimate of drug-likeness (QED) is 0.575. The van der Waals surface area contributed by atoms with Gasteiger partial charge in [-0.2, -0.15) is 0 Å². The van der Waals surface area contributed by atoms with Crippen molar-refractivity contribution >= 4 is 0 Å². The van der Waals surface area contributed by atoms with Gasteiger partial charge in [0.15, 0.2) is 0 Å². The van der Waals surface area contributed by atoms with Crippen molar-refractivity contribution in [2.75, 3.05) is 53.2 Å². The third kappa shape index (κ3) is 4.37. The Morgan fingerprint density at radius 2 is 2.07 bits per heavy atom. The lowest BCUT2D eigenvalue weighted by Gasteiger charge is -2.38. The Balaban J connectivity index is 1.80. The zero-order chi connectivity index (χ0) is 10.3. The second kappa shape index (κ2) is 6.35. The van der Waals surface area contributed by atoms with Crippen molar-refractivity contribution in [1.29, 1.82) is 0 Å². The molecule has 0 saturated carbocycles. The van der Waals surface area contributed by atoms with E-state index in [9.17, 15) is 0 Å². The van der Waals surface area contributed by atoms with Crippen LogP contribution < -0.4 is 5.32 Å². The maximum atomic E-state index is 5.32. The normalized spacial score (nSPS) is 19.3. The lowest BCUT2D eigenvalue weighted by Crippen LogP contribution is -2.47. The van der Waals surface area contributed by atoms with Crippen LogP contribution in [0.4, 0.5) is 0 Å². The Morgan fingerprint density at radius 3 is 2.64 bits per heavy atom. The molecular weight excluding hydrogens is 182 g/mol. The van der Waals surface area contributed by atoms with Crippen molar-refractivity contribution in [1.82, 2.24) is 5.32 Å². The van der Waals surface area contributed by atoms with E-state index in [4.69, 9.17) is 14.2 Å². The van der Waals surface area contributed by atoms with Crippen LogP contribution in [0.5, 0.6) is 0 Å². The number of hydrogen-bond acceptors (Lipinski definition) is 4. The van der Waals surface area contributed by atoms with Crippen LogP contribution in [-0.2, 0) is 14.2 Å². The van der Waals surface area contributed by atoms with Crippen LogP contribution in [0.2, 0.25) is 0 Å². The lowest BCUT2D eigenvalue weighted by atomic mass is 9.89. The van der Waals surface area contributed by atoms with Crippen LogP contribution >= 0.6 is 0 Å². The minimum Gasteiger partial charge on any atom is -0.382 e. The number of rotatable bonds is 8. The van der Waals surface area contributed by atoms with Crippen LogP contribution in [-0.4, -0.2) is 53.2 Å². The molecule has 84 valence electrons. The lowest BCUT2D eigenvalue weighted by molar-refractivity contribution is -0.0993. The Morgan fingerprint density at radius 1 is 1.29 bits per heavy atom. The first kappa shape index (κ1) is 11.9. The maximum absolute atomic E-state index is 5.32. The van der Waals surface area contributed by atoms with Crippen molar-refractivity contribution in [3.63, 3.8) is 0 Å². The van der Waals surface area contributed by atoms with E-state index >= 15 is 0 Å². The second-order valence-electron chi connectivity index (χ2n) is 4.09. The SMILES string of the molecule is COCCOCCNCC1(C)COC1. The summed E-state index contributed by atoms with van der Waals surface area (Å²) in [5.41, 5.74) is 0.354.